The summed E-state index contributed by atoms with van der Waals surface area (Å²) in [4.78, 5) is 35.5. The monoisotopic (exact) mass is 319 g/mol. The summed E-state index contributed by atoms with van der Waals surface area (Å²) in [5, 5.41) is 5.05. The van der Waals surface area contributed by atoms with Crippen molar-refractivity contribution in [2.24, 2.45) is 0 Å². The summed E-state index contributed by atoms with van der Waals surface area (Å²) in [7, 11) is 0. The van der Waals surface area contributed by atoms with Crippen LogP contribution in [0.5, 0.6) is 11.5 Å². The highest BCUT2D eigenvalue weighted by Gasteiger charge is 2.29. The van der Waals surface area contributed by atoms with Crippen LogP contribution < -0.4 is 20.1 Å². The van der Waals surface area contributed by atoms with Crippen LogP contribution in [-0.2, 0) is 16.1 Å². The first-order valence-corrected chi connectivity index (χ1v) is 7.37. The number of ether oxygens (including phenoxy) is 2. The fraction of sp³-hybridized carbons (Fsp3) is 0.400. The lowest BCUT2D eigenvalue weighted by molar-refractivity contribution is -0.130. The van der Waals surface area contributed by atoms with Gasteiger partial charge in [0.15, 0.2) is 11.5 Å². The Morgan fingerprint density at radius 3 is 2.74 bits per heavy atom. The van der Waals surface area contributed by atoms with E-state index >= 15 is 0 Å². The molecule has 0 spiro atoms. The van der Waals surface area contributed by atoms with Crippen molar-refractivity contribution in [2.75, 3.05) is 26.3 Å². The van der Waals surface area contributed by atoms with E-state index in [1.54, 1.807) is 6.07 Å². The molecule has 122 valence electrons. The van der Waals surface area contributed by atoms with E-state index < -0.39 is 17.8 Å². The van der Waals surface area contributed by atoms with Crippen LogP contribution in [0, 0.1) is 0 Å². The summed E-state index contributed by atoms with van der Waals surface area (Å²) in [5.41, 5.74) is 0.847. The number of rotatable bonds is 4. The Hall–Kier alpha value is -2.77. The van der Waals surface area contributed by atoms with E-state index in [0.29, 0.717) is 24.7 Å². The minimum Gasteiger partial charge on any atom is -0.490 e. The Kier molecular flexibility index (Phi) is 4.31. The third-order valence-electron chi connectivity index (χ3n) is 3.54. The molecule has 0 unspecified atom stereocenters. The van der Waals surface area contributed by atoms with Crippen molar-refractivity contribution >= 4 is 17.8 Å². The van der Waals surface area contributed by atoms with Crippen molar-refractivity contribution in [3.63, 3.8) is 0 Å². The molecule has 1 fully saturated rings. The van der Waals surface area contributed by atoms with Gasteiger partial charge in [-0.15, -0.1) is 0 Å². The number of carbonyl (C=O) groups is 3. The standard InChI is InChI=1S/C15H17N3O5/c19-13(9-18-14(20)8-17-15(18)21)16-7-10-2-3-11-12(6-10)23-5-1-4-22-11/h2-3,6H,1,4-5,7-9H2,(H,16,19)(H,17,21). The molecule has 23 heavy (non-hydrogen) atoms. The van der Waals surface area contributed by atoms with Gasteiger partial charge in [0.05, 0.1) is 19.8 Å². The number of imide groups is 1. The first kappa shape index (κ1) is 15.1. The zero-order valence-electron chi connectivity index (χ0n) is 12.5. The van der Waals surface area contributed by atoms with E-state index in [0.717, 1.165) is 16.9 Å². The van der Waals surface area contributed by atoms with Crippen molar-refractivity contribution in [3.8, 4) is 11.5 Å². The second-order valence-corrected chi connectivity index (χ2v) is 5.25. The third-order valence-corrected chi connectivity index (χ3v) is 3.54. The highest BCUT2D eigenvalue weighted by atomic mass is 16.5. The van der Waals surface area contributed by atoms with E-state index in [4.69, 9.17) is 9.47 Å². The Balaban J connectivity index is 1.56. The van der Waals surface area contributed by atoms with Crippen molar-refractivity contribution < 1.29 is 23.9 Å². The van der Waals surface area contributed by atoms with Crippen LogP contribution >= 0.6 is 0 Å². The number of benzene rings is 1. The lowest BCUT2D eigenvalue weighted by Gasteiger charge is -2.13. The maximum Gasteiger partial charge on any atom is 0.325 e. The quantitative estimate of drug-likeness (QED) is 0.762. The van der Waals surface area contributed by atoms with Gasteiger partial charge < -0.3 is 20.1 Å². The van der Waals surface area contributed by atoms with Crippen LogP contribution in [0.2, 0.25) is 0 Å². The van der Waals surface area contributed by atoms with Crippen LogP contribution in [0.3, 0.4) is 0 Å². The predicted octanol–water partition coefficient (Wildman–Crippen LogP) is 0.0159. The molecule has 2 aliphatic heterocycles. The summed E-state index contributed by atoms with van der Waals surface area (Å²) in [6.07, 6.45) is 0.826. The molecule has 0 bridgehead atoms. The smallest absolute Gasteiger partial charge is 0.325 e. The van der Waals surface area contributed by atoms with Crippen LogP contribution in [0.25, 0.3) is 0 Å². The molecule has 2 heterocycles. The Morgan fingerprint density at radius 2 is 2.00 bits per heavy atom. The molecular formula is C15H17N3O5. The summed E-state index contributed by atoms with van der Waals surface area (Å²) >= 11 is 0. The zero-order valence-corrected chi connectivity index (χ0v) is 12.5. The first-order chi connectivity index (χ1) is 11.1. The third kappa shape index (κ3) is 3.53. The summed E-state index contributed by atoms with van der Waals surface area (Å²) in [6.45, 7) is 1.15. The van der Waals surface area contributed by atoms with E-state index in [9.17, 15) is 14.4 Å². The molecular weight excluding hydrogens is 302 g/mol. The van der Waals surface area contributed by atoms with Gasteiger partial charge in [-0.1, -0.05) is 6.07 Å². The van der Waals surface area contributed by atoms with Crippen LogP contribution in [-0.4, -0.2) is 49.0 Å². The average Bonchev–Trinajstić information content (AvgIpc) is 2.76. The summed E-state index contributed by atoms with van der Waals surface area (Å²) in [5.74, 6) is 0.545. The number of fused-ring (bicyclic) bond motifs is 1. The minimum absolute atomic E-state index is 0.0612. The fourth-order valence-electron chi connectivity index (χ4n) is 2.33. The highest BCUT2D eigenvalue weighted by Crippen LogP contribution is 2.30. The Bertz CT molecular complexity index is 630. The molecule has 0 saturated carbocycles. The first-order valence-electron chi connectivity index (χ1n) is 7.37. The molecule has 1 saturated heterocycles. The number of hydrogen-bond acceptors (Lipinski definition) is 5. The van der Waals surface area contributed by atoms with Gasteiger partial charge in [0.1, 0.15) is 6.54 Å². The van der Waals surface area contributed by atoms with Crippen molar-refractivity contribution in [3.05, 3.63) is 23.8 Å². The number of nitrogens with zero attached hydrogens (tertiary/aromatic N) is 1. The predicted molar refractivity (Wildman–Crippen MR) is 79.0 cm³/mol. The zero-order chi connectivity index (χ0) is 16.2. The molecule has 3 rings (SSSR count). The highest BCUT2D eigenvalue weighted by molar-refractivity contribution is 6.04. The van der Waals surface area contributed by atoms with Gasteiger partial charge in [0.2, 0.25) is 5.91 Å². The number of urea groups is 1. The normalized spacial score (nSPS) is 16.8. The lowest BCUT2D eigenvalue weighted by atomic mass is 10.2. The van der Waals surface area contributed by atoms with Gasteiger partial charge in [0, 0.05) is 13.0 Å². The van der Waals surface area contributed by atoms with Gasteiger partial charge in [-0.25, -0.2) is 4.79 Å². The van der Waals surface area contributed by atoms with Crippen LogP contribution in [0.4, 0.5) is 4.79 Å². The molecule has 1 aromatic carbocycles. The molecule has 4 amide bonds. The van der Waals surface area contributed by atoms with Crippen LogP contribution in [0.15, 0.2) is 18.2 Å². The molecule has 8 nitrogen and oxygen atoms in total. The number of nitrogens with one attached hydrogen (secondary N) is 2. The average molecular weight is 319 g/mol. The molecule has 0 radical (unpaired) electrons. The maximum absolute atomic E-state index is 11.9. The van der Waals surface area contributed by atoms with Crippen LogP contribution in [0.1, 0.15) is 12.0 Å². The second-order valence-electron chi connectivity index (χ2n) is 5.25. The number of carbonyl (C=O) groups excluding carboxylic acids is 3. The molecule has 1 aromatic rings. The summed E-state index contributed by atoms with van der Waals surface area (Å²) in [6, 6.07) is 4.91. The molecule has 0 atom stereocenters. The van der Waals surface area contributed by atoms with Crippen molar-refractivity contribution in [1.82, 2.24) is 15.5 Å². The van der Waals surface area contributed by atoms with E-state index in [2.05, 4.69) is 10.6 Å². The Labute approximate surface area is 132 Å². The number of hydrogen-bond donors (Lipinski definition) is 2. The number of amides is 4. The van der Waals surface area contributed by atoms with Gasteiger partial charge in [-0.05, 0) is 17.7 Å². The van der Waals surface area contributed by atoms with Gasteiger partial charge >= 0.3 is 6.03 Å². The maximum atomic E-state index is 11.9. The SMILES string of the molecule is O=C(CN1C(=O)CNC1=O)NCc1ccc2c(c1)OCCCO2. The lowest BCUT2D eigenvalue weighted by Crippen LogP contribution is -2.40. The largest absolute Gasteiger partial charge is 0.490 e. The minimum atomic E-state index is -0.541. The van der Waals surface area contributed by atoms with Gasteiger partial charge in [-0.2, -0.15) is 0 Å². The van der Waals surface area contributed by atoms with E-state index in [-0.39, 0.29) is 19.6 Å². The fourth-order valence-corrected chi connectivity index (χ4v) is 2.33. The molecule has 2 N–H and O–H groups in total. The second kappa shape index (κ2) is 6.55. The van der Waals surface area contributed by atoms with Crippen molar-refractivity contribution in [2.45, 2.75) is 13.0 Å². The van der Waals surface area contributed by atoms with Gasteiger partial charge in [-0.3, -0.25) is 14.5 Å². The van der Waals surface area contributed by atoms with E-state index in [1.165, 1.54) is 0 Å². The molecule has 8 heteroatoms. The van der Waals surface area contributed by atoms with Crippen molar-refractivity contribution in [1.29, 1.82) is 0 Å². The van der Waals surface area contributed by atoms with E-state index in [1.807, 2.05) is 12.1 Å². The summed E-state index contributed by atoms with van der Waals surface area (Å²) < 4.78 is 11.1. The molecule has 0 aromatic heterocycles. The Morgan fingerprint density at radius 1 is 1.22 bits per heavy atom. The molecule has 2 aliphatic rings. The van der Waals surface area contributed by atoms with Gasteiger partial charge in [0.25, 0.3) is 5.91 Å². The molecule has 0 aliphatic carbocycles. The topological polar surface area (TPSA) is 97.0 Å².